The summed E-state index contributed by atoms with van der Waals surface area (Å²) < 4.78 is 5.19. The van der Waals surface area contributed by atoms with E-state index in [1.54, 1.807) is 29.9 Å². The fourth-order valence-electron chi connectivity index (χ4n) is 4.23. The number of nitrogens with one attached hydrogen (secondary N) is 2. The number of carbonyl (C=O) groups excluding carboxylic acids is 2. The van der Waals surface area contributed by atoms with Gasteiger partial charge in [0.05, 0.1) is 11.3 Å². The molecule has 2 amide bonds. The number of rotatable bonds is 6. The molecule has 1 fully saturated rings. The summed E-state index contributed by atoms with van der Waals surface area (Å²) in [5.74, 6) is 0.815. The first-order valence-corrected chi connectivity index (χ1v) is 12.2. The highest BCUT2D eigenvalue weighted by Gasteiger charge is 2.23. The Morgan fingerprint density at radius 3 is 2.74 bits per heavy atom. The zero-order chi connectivity index (χ0) is 23.5. The molecule has 0 radical (unpaired) electrons. The van der Waals surface area contributed by atoms with Crippen molar-refractivity contribution in [1.29, 1.82) is 0 Å². The molecule has 2 aliphatic rings. The number of thiazole rings is 1. The van der Waals surface area contributed by atoms with Gasteiger partial charge in [-0.15, -0.1) is 11.3 Å². The van der Waals surface area contributed by atoms with Crippen LogP contribution in [0.5, 0.6) is 0 Å². The van der Waals surface area contributed by atoms with Gasteiger partial charge < -0.3 is 10.1 Å². The minimum absolute atomic E-state index is 0.00954. The van der Waals surface area contributed by atoms with Crippen LogP contribution in [0.15, 0.2) is 41.1 Å². The van der Waals surface area contributed by atoms with Crippen molar-refractivity contribution in [2.45, 2.75) is 38.5 Å². The largest absolute Gasteiger partial charge is 0.406 e. The molecule has 0 atom stereocenters. The van der Waals surface area contributed by atoms with Crippen LogP contribution in [0, 0.1) is 0 Å². The van der Waals surface area contributed by atoms with E-state index in [2.05, 4.69) is 31.0 Å². The highest BCUT2D eigenvalue weighted by atomic mass is 32.1. The molecule has 174 valence electrons. The van der Waals surface area contributed by atoms with Crippen LogP contribution in [0.2, 0.25) is 0 Å². The molecule has 4 heterocycles. The molecule has 3 aromatic heterocycles. The van der Waals surface area contributed by atoms with Crippen LogP contribution < -0.4 is 10.6 Å². The fraction of sp³-hybridized carbons (Fsp3) is 0.333. The number of ether oxygens (including phenoxy) is 1. The summed E-state index contributed by atoms with van der Waals surface area (Å²) in [5.41, 5.74) is 4.18. The van der Waals surface area contributed by atoms with Gasteiger partial charge in [-0.05, 0) is 31.9 Å². The van der Waals surface area contributed by atoms with E-state index in [1.165, 1.54) is 25.7 Å². The normalized spacial score (nSPS) is 15.8. The molecule has 0 unspecified atom stereocenters. The standard InChI is InChI=1S/C24H24N6O3S/c1-2-26-24(32)30-20-8-17(23-29-19(13-34-23)14-5-3-4-6-14)18(11-27-20)15-7-16(10-25-9-15)22-28-12-21(31)33-22/h7-11,13-14H,2-6,12H2,1H3,(H2,26,27,30,32). The first-order valence-electron chi connectivity index (χ1n) is 11.3. The van der Waals surface area contributed by atoms with Crippen LogP contribution in [0.4, 0.5) is 10.6 Å². The van der Waals surface area contributed by atoms with Gasteiger partial charge in [-0.3, -0.25) is 10.3 Å². The third-order valence-corrected chi connectivity index (χ3v) is 6.76. The van der Waals surface area contributed by atoms with Crippen LogP contribution in [0.1, 0.15) is 49.8 Å². The van der Waals surface area contributed by atoms with Crippen LogP contribution in [0.25, 0.3) is 21.7 Å². The Morgan fingerprint density at radius 1 is 1.15 bits per heavy atom. The number of esters is 1. The van der Waals surface area contributed by atoms with Crippen molar-refractivity contribution in [1.82, 2.24) is 20.3 Å². The summed E-state index contributed by atoms with van der Waals surface area (Å²) in [6, 6.07) is 3.39. The summed E-state index contributed by atoms with van der Waals surface area (Å²) in [4.78, 5) is 41.4. The van der Waals surface area contributed by atoms with Crippen molar-refractivity contribution >= 4 is 35.1 Å². The second kappa shape index (κ2) is 9.68. The summed E-state index contributed by atoms with van der Waals surface area (Å²) in [6.45, 7) is 2.38. The van der Waals surface area contributed by atoms with Crippen LogP contribution in [0.3, 0.4) is 0 Å². The Bertz CT molecular complexity index is 1270. The molecular weight excluding hydrogens is 452 g/mol. The fourth-order valence-corrected chi connectivity index (χ4v) is 5.17. The lowest BCUT2D eigenvalue weighted by Crippen LogP contribution is -2.28. The maximum atomic E-state index is 12.1. The zero-order valence-corrected chi connectivity index (χ0v) is 19.5. The summed E-state index contributed by atoms with van der Waals surface area (Å²) in [7, 11) is 0. The lowest BCUT2D eigenvalue weighted by atomic mass is 10.0. The van der Waals surface area contributed by atoms with E-state index >= 15 is 0 Å². The average molecular weight is 477 g/mol. The van der Waals surface area contributed by atoms with E-state index in [0.717, 1.165) is 27.4 Å². The summed E-state index contributed by atoms with van der Waals surface area (Å²) in [5, 5.41) is 8.48. The number of carbonyl (C=O) groups is 2. The van der Waals surface area contributed by atoms with Crippen molar-refractivity contribution in [2.24, 2.45) is 4.99 Å². The van der Waals surface area contributed by atoms with E-state index in [4.69, 9.17) is 9.72 Å². The Labute approximate surface area is 200 Å². The first kappa shape index (κ1) is 22.1. The SMILES string of the molecule is CCNC(=O)Nc1cc(-c2nc(C3CCCC3)cs2)c(-c2cncc(C3=NCC(=O)O3)c2)cn1. The maximum Gasteiger partial charge on any atom is 0.334 e. The zero-order valence-electron chi connectivity index (χ0n) is 18.7. The van der Waals surface area contributed by atoms with Crippen LogP contribution in [-0.4, -0.2) is 45.9 Å². The molecular formula is C24H24N6O3S. The molecule has 0 saturated heterocycles. The van der Waals surface area contributed by atoms with E-state index in [9.17, 15) is 9.59 Å². The lowest BCUT2D eigenvalue weighted by Gasteiger charge is -2.12. The molecule has 0 aromatic carbocycles. The molecule has 1 saturated carbocycles. The molecule has 1 aliphatic heterocycles. The van der Waals surface area contributed by atoms with Crippen LogP contribution in [-0.2, 0) is 9.53 Å². The highest BCUT2D eigenvalue weighted by Crippen LogP contribution is 2.39. The van der Waals surface area contributed by atoms with Gasteiger partial charge in [0.15, 0.2) is 0 Å². The lowest BCUT2D eigenvalue weighted by molar-refractivity contribution is -0.132. The molecule has 2 N–H and O–H groups in total. The smallest absolute Gasteiger partial charge is 0.334 e. The topological polar surface area (TPSA) is 118 Å². The number of amides is 2. The van der Waals surface area contributed by atoms with Crippen molar-refractivity contribution in [2.75, 3.05) is 18.4 Å². The van der Waals surface area contributed by atoms with E-state index in [1.807, 2.05) is 19.1 Å². The van der Waals surface area contributed by atoms with Crippen molar-refractivity contribution < 1.29 is 14.3 Å². The second-order valence-electron chi connectivity index (χ2n) is 8.22. The summed E-state index contributed by atoms with van der Waals surface area (Å²) >= 11 is 1.59. The Kier molecular flexibility index (Phi) is 6.31. The first-order chi connectivity index (χ1) is 16.6. The number of hydrogen-bond donors (Lipinski definition) is 2. The number of urea groups is 1. The van der Waals surface area contributed by atoms with Crippen molar-refractivity contribution in [3.63, 3.8) is 0 Å². The third kappa shape index (κ3) is 4.67. The van der Waals surface area contributed by atoms with Gasteiger partial charge in [-0.25, -0.2) is 24.5 Å². The summed E-state index contributed by atoms with van der Waals surface area (Å²) in [6.07, 6.45) is 9.87. The molecule has 10 heteroatoms. The number of hydrogen-bond acceptors (Lipinski definition) is 8. The number of aromatic nitrogens is 3. The Morgan fingerprint density at radius 2 is 1.97 bits per heavy atom. The van der Waals surface area contributed by atoms with Gasteiger partial charge in [0.2, 0.25) is 5.90 Å². The van der Waals surface area contributed by atoms with Gasteiger partial charge in [0.25, 0.3) is 0 Å². The van der Waals surface area contributed by atoms with Gasteiger partial charge in [-0.1, -0.05) is 12.8 Å². The molecule has 34 heavy (non-hydrogen) atoms. The molecule has 0 bridgehead atoms. The van der Waals surface area contributed by atoms with Crippen LogP contribution >= 0.6 is 11.3 Å². The monoisotopic (exact) mass is 476 g/mol. The molecule has 1 aliphatic carbocycles. The molecule has 5 rings (SSSR count). The molecule has 9 nitrogen and oxygen atoms in total. The Balaban J connectivity index is 1.54. The van der Waals surface area contributed by atoms with E-state index in [0.29, 0.717) is 23.8 Å². The van der Waals surface area contributed by atoms with E-state index < -0.39 is 0 Å². The number of cyclic esters (lactones) is 1. The minimum atomic E-state index is -0.384. The highest BCUT2D eigenvalue weighted by molar-refractivity contribution is 7.13. The number of anilines is 1. The number of aliphatic imine (C=N–C) groups is 1. The van der Waals surface area contributed by atoms with Gasteiger partial charge in [0, 0.05) is 53.1 Å². The average Bonchev–Trinajstić information content (AvgIpc) is 3.61. The predicted octanol–water partition coefficient (Wildman–Crippen LogP) is 4.37. The van der Waals surface area contributed by atoms with Crippen molar-refractivity contribution in [3.8, 4) is 21.7 Å². The molecule has 3 aromatic rings. The van der Waals surface area contributed by atoms with Gasteiger partial charge >= 0.3 is 12.0 Å². The van der Waals surface area contributed by atoms with Gasteiger partial charge in [0.1, 0.15) is 17.4 Å². The van der Waals surface area contributed by atoms with Crippen molar-refractivity contribution in [3.05, 3.63) is 47.4 Å². The maximum absolute atomic E-state index is 12.1. The third-order valence-electron chi connectivity index (χ3n) is 5.87. The minimum Gasteiger partial charge on any atom is -0.406 e. The second-order valence-corrected chi connectivity index (χ2v) is 9.07. The molecule has 0 spiro atoms. The number of pyridine rings is 2. The van der Waals surface area contributed by atoms with Gasteiger partial charge in [-0.2, -0.15) is 0 Å². The number of nitrogens with zero attached hydrogens (tertiary/aromatic N) is 4. The quantitative estimate of drug-likeness (QED) is 0.510. The van der Waals surface area contributed by atoms with E-state index in [-0.39, 0.29) is 24.4 Å². The predicted molar refractivity (Wildman–Crippen MR) is 130 cm³/mol. The Hall–Kier alpha value is -3.66.